The van der Waals surface area contributed by atoms with Crippen molar-refractivity contribution in [2.75, 3.05) is 20.5 Å². The molecule has 25 heavy (non-hydrogen) atoms. The molecule has 0 bridgehead atoms. The van der Waals surface area contributed by atoms with Crippen molar-refractivity contribution in [3.05, 3.63) is 59.7 Å². The summed E-state index contributed by atoms with van der Waals surface area (Å²) >= 11 is 0. The van der Waals surface area contributed by atoms with Crippen molar-refractivity contribution in [3.8, 4) is 17.2 Å². The fraction of sp³-hybridized carbons (Fsp3) is 0.250. The molecule has 0 aliphatic carbocycles. The second-order valence-electron chi connectivity index (χ2n) is 5.78. The molecule has 2 aromatic rings. The van der Waals surface area contributed by atoms with Crippen LogP contribution in [-0.4, -0.2) is 31.4 Å². The number of aliphatic hydroxyl groups is 1. The molecule has 0 saturated carbocycles. The fourth-order valence-corrected chi connectivity index (χ4v) is 2.64. The largest absolute Gasteiger partial charge is 0.497 e. The molecule has 1 aliphatic rings. The SMILES string of the molecule is COc1ccc(/C=C/C(=O)[C@H](CO)Cc2ccc3c(c2)OCO3)cc1. The highest BCUT2D eigenvalue weighted by Gasteiger charge is 2.18. The predicted molar refractivity (Wildman–Crippen MR) is 93.9 cm³/mol. The van der Waals surface area contributed by atoms with Gasteiger partial charge in [-0.05, 0) is 47.9 Å². The van der Waals surface area contributed by atoms with E-state index in [1.165, 1.54) is 6.08 Å². The average Bonchev–Trinajstić information content (AvgIpc) is 3.12. The summed E-state index contributed by atoms with van der Waals surface area (Å²) in [5.74, 6) is 1.54. The van der Waals surface area contributed by atoms with E-state index in [9.17, 15) is 9.90 Å². The van der Waals surface area contributed by atoms with Crippen molar-refractivity contribution in [1.82, 2.24) is 0 Å². The summed E-state index contributed by atoms with van der Waals surface area (Å²) in [5.41, 5.74) is 1.82. The molecule has 130 valence electrons. The Morgan fingerprint density at radius 3 is 2.68 bits per heavy atom. The molecule has 5 nitrogen and oxygen atoms in total. The third-order valence-electron chi connectivity index (χ3n) is 4.10. The Kier molecular flexibility index (Phi) is 5.36. The molecular weight excluding hydrogens is 320 g/mol. The molecule has 0 saturated heterocycles. The average molecular weight is 340 g/mol. The quantitative estimate of drug-likeness (QED) is 0.785. The zero-order chi connectivity index (χ0) is 17.6. The van der Waals surface area contributed by atoms with Crippen molar-refractivity contribution in [2.45, 2.75) is 6.42 Å². The number of carbonyl (C=O) groups excluding carboxylic acids is 1. The molecule has 2 aromatic carbocycles. The smallest absolute Gasteiger partial charge is 0.231 e. The molecule has 0 amide bonds. The van der Waals surface area contributed by atoms with Crippen LogP contribution in [0.4, 0.5) is 0 Å². The van der Waals surface area contributed by atoms with Gasteiger partial charge in [0, 0.05) is 5.92 Å². The normalized spacial score (nSPS) is 13.8. The van der Waals surface area contributed by atoms with Gasteiger partial charge in [0.25, 0.3) is 0 Å². The van der Waals surface area contributed by atoms with Gasteiger partial charge in [-0.3, -0.25) is 4.79 Å². The van der Waals surface area contributed by atoms with Gasteiger partial charge in [0.2, 0.25) is 6.79 Å². The Hall–Kier alpha value is -2.79. The summed E-state index contributed by atoms with van der Waals surface area (Å²) < 4.78 is 15.7. The van der Waals surface area contributed by atoms with Gasteiger partial charge in [0.1, 0.15) is 5.75 Å². The molecule has 1 heterocycles. The van der Waals surface area contributed by atoms with Gasteiger partial charge in [-0.25, -0.2) is 0 Å². The predicted octanol–water partition coefficient (Wildman–Crippen LogP) is 2.86. The topological polar surface area (TPSA) is 65.0 Å². The molecular formula is C20H20O5. The molecule has 0 spiro atoms. The molecule has 1 N–H and O–H groups in total. The van der Waals surface area contributed by atoms with Crippen molar-refractivity contribution >= 4 is 11.9 Å². The summed E-state index contributed by atoms with van der Waals surface area (Å²) in [5, 5.41) is 9.59. The Balaban J connectivity index is 1.65. The molecule has 0 aromatic heterocycles. The van der Waals surface area contributed by atoms with E-state index in [2.05, 4.69) is 0 Å². The Morgan fingerprint density at radius 2 is 1.96 bits per heavy atom. The van der Waals surface area contributed by atoms with E-state index in [0.717, 1.165) is 16.9 Å². The number of ketones is 1. The summed E-state index contributed by atoms with van der Waals surface area (Å²) in [4.78, 5) is 12.4. The van der Waals surface area contributed by atoms with Crippen LogP contribution in [0.5, 0.6) is 17.2 Å². The summed E-state index contributed by atoms with van der Waals surface area (Å²) in [7, 11) is 1.61. The Bertz CT molecular complexity index is 764. The van der Waals surface area contributed by atoms with Crippen LogP contribution in [0.2, 0.25) is 0 Å². The van der Waals surface area contributed by atoms with Crippen LogP contribution in [-0.2, 0) is 11.2 Å². The number of rotatable bonds is 7. The third kappa shape index (κ3) is 4.19. The fourth-order valence-electron chi connectivity index (χ4n) is 2.64. The van der Waals surface area contributed by atoms with Gasteiger partial charge in [0.05, 0.1) is 13.7 Å². The zero-order valence-electron chi connectivity index (χ0n) is 14.0. The van der Waals surface area contributed by atoms with E-state index in [0.29, 0.717) is 17.9 Å². The lowest BCUT2D eigenvalue weighted by Gasteiger charge is -2.11. The highest BCUT2D eigenvalue weighted by molar-refractivity contribution is 5.95. The van der Waals surface area contributed by atoms with Gasteiger partial charge in [-0.1, -0.05) is 24.3 Å². The minimum atomic E-state index is -0.491. The van der Waals surface area contributed by atoms with Crippen molar-refractivity contribution in [1.29, 1.82) is 0 Å². The van der Waals surface area contributed by atoms with E-state index < -0.39 is 5.92 Å². The monoisotopic (exact) mass is 340 g/mol. The van der Waals surface area contributed by atoms with E-state index in [4.69, 9.17) is 14.2 Å². The molecule has 0 fully saturated rings. The number of hydrogen-bond donors (Lipinski definition) is 1. The lowest BCUT2D eigenvalue weighted by Crippen LogP contribution is -2.19. The van der Waals surface area contributed by atoms with Crippen molar-refractivity contribution in [3.63, 3.8) is 0 Å². The highest BCUT2D eigenvalue weighted by atomic mass is 16.7. The van der Waals surface area contributed by atoms with E-state index in [1.54, 1.807) is 13.2 Å². The Morgan fingerprint density at radius 1 is 1.20 bits per heavy atom. The molecule has 0 radical (unpaired) electrons. The van der Waals surface area contributed by atoms with Crippen LogP contribution < -0.4 is 14.2 Å². The number of methoxy groups -OCH3 is 1. The van der Waals surface area contributed by atoms with Gasteiger partial charge in [-0.2, -0.15) is 0 Å². The van der Waals surface area contributed by atoms with Gasteiger partial charge < -0.3 is 19.3 Å². The molecule has 1 aliphatic heterocycles. The number of benzene rings is 2. The minimum Gasteiger partial charge on any atom is -0.497 e. The summed E-state index contributed by atoms with van der Waals surface area (Å²) in [6.45, 7) is 0.00593. The second-order valence-corrected chi connectivity index (χ2v) is 5.78. The van der Waals surface area contributed by atoms with Crippen LogP contribution in [0.3, 0.4) is 0 Å². The first-order chi connectivity index (χ1) is 12.2. The maximum absolute atomic E-state index is 12.4. The van der Waals surface area contributed by atoms with Crippen LogP contribution in [0.25, 0.3) is 6.08 Å². The van der Waals surface area contributed by atoms with Crippen LogP contribution in [0, 0.1) is 5.92 Å². The van der Waals surface area contributed by atoms with Crippen molar-refractivity contribution < 1.29 is 24.1 Å². The lowest BCUT2D eigenvalue weighted by atomic mass is 9.95. The molecule has 0 unspecified atom stereocenters. The van der Waals surface area contributed by atoms with E-state index in [1.807, 2.05) is 42.5 Å². The van der Waals surface area contributed by atoms with Gasteiger partial charge in [-0.15, -0.1) is 0 Å². The first kappa shape index (κ1) is 17.0. The maximum atomic E-state index is 12.4. The molecule has 5 heteroatoms. The Labute approximate surface area is 146 Å². The third-order valence-corrected chi connectivity index (χ3v) is 4.10. The molecule has 1 atom stereocenters. The number of ether oxygens (including phenoxy) is 3. The number of fused-ring (bicyclic) bond motifs is 1. The first-order valence-electron chi connectivity index (χ1n) is 8.05. The van der Waals surface area contributed by atoms with E-state index in [-0.39, 0.29) is 19.2 Å². The van der Waals surface area contributed by atoms with Crippen LogP contribution in [0.15, 0.2) is 48.5 Å². The van der Waals surface area contributed by atoms with E-state index >= 15 is 0 Å². The number of carbonyl (C=O) groups is 1. The second kappa shape index (κ2) is 7.85. The van der Waals surface area contributed by atoms with Crippen molar-refractivity contribution in [2.24, 2.45) is 5.92 Å². The number of aliphatic hydroxyl groups excluding tert-OH is 1. The lowest BCUT2D eigenvalue weighted by molar-refractivity contribution is -0.119. The number of allylic oxidation sites excluding steroid dienone is 1. The number of hydrogen-bond acceptors (Lipinski definition) is 5. The molecule has 3 rings (SSSR count). The first-order valence-corrected chi connectivity index (χ1v) is 8.05. The zero-order valence-corrected chi connectivity index (χ0v) is 14.0. The maximum Gasteiger partial charge on any atom is 0.231 e. The van der Waals surface area contributed by atoms with Crippen LogP contribution >= 0.6 is 0 Å². The van der Waals surface area contributed by atoms with Crippen LogP contribution in [0.1, 0.15) is 11.1 Å². The standard InChI is InChI=1S/C20H20O5/c1-23-17-6-2-14(3-7-17)4-8-18(22)16(12-21)10-15-5-9-19-20(11-15)25-13-24-19/h2-9,11,16,21H,10,12-13H2,1H3/b8-4+/t16-/m0/s1. The van der Waals surface area contributed by atoms with Gasteiger partial charge in [0.15, 0.2) is 17.3 Å². The highest BCUT2D eigenvalue weighted by Crippen LogP contribution is 2.33. The minimum absolute atomic E-state index is 0.115. The van der Waals surface area contributed by atoms with Gasteiger partial charge >= 0.3 is 0 Å². The summed E-state index contributed by atoms with van der Waals surface area (Å²) in [6.07, 6.45) is 3.69. The summed E-state index contributed by atoms with van der Waals surface area (Å²) in [6, 6.07) is 13.0.